The third kappa shape index (κ3) is 3.80. The van der Waals surface area contributed by atoms with E-state index in [1.54, 1.807) is 6.08 Å². The molecule has 0 spiro atoms. The fraction of sp³-hybridized carbons (Fsp3) is 0.130. The predicted octanol–water partition coefficient (Wildman–Crippen LogP) is 6.12. The first-order chi connectivity index (χ1) is 14.3. The lowest BCUT2D eigenvalue weighted by atomic mass is 10.2. The van der Waals surface area contributed by atoms with Crippen LogP contribution in [0.3, 0.4) is 0 Å². The quantitative estimate of drug-likeness (QED) is 0.459. The average molecular weight is 441 g/mol. The molecule has 7 heteroatoms. The van der Waals surface area contributed by atoms with Crippen molar-refractivity contribution in [3.05, 3.63) is 92.9 Å². The van der Waals surface area contributed by atoms with E-state index in [1.165, 1.54) is 18.2 Å². The molecule has 0 unspecified atom stereocenters. The zero-order valence-corrected chi connectivity index (χ0v) is 17.9. The molecular formula is C23H18ClFN2O2S. The van der Waals surface area contributed by atoms with Crippen LogP contribution >= 0.6 is 23.4 Å². The Labute approximate surface area is 182 Å². The van der Waals surface area contributed by atoms with Gasteiger partial charge in [-0.1, -0.05) is 35.9 Å². The zero-order valence-electron chi connectivity index (χ0n) is 16.4. The van der Waals surface area contributed by atoms with Gasteiger partial charge in [-0.2, -0.15) is 0 Å². The van der Waals surface area contributed by atoms with Crippen LogP contribution in [-0.4, -0.2) is 20.6 Å². The van der Waals surface area contributed by atoms with Crippen LogP contribution in [0.1, 0.15) is 22.5 Å². The summed E-state index contributed by atoms with van der Waals surface area (Å²) >= 11 is 6.95. The van der Waals surface area contributed by atoms with Crippen molar-refractivity contribution in [1.29, 1.82) is 0 Å². The summed E-state index contributed by atoms with van der Waals surface area (Å²) in [7, 11) is 0. The number of halogens is 2. The molecule has 2 aromatic carbocycles. The molecule has 0 N–H and O–H groups in total. The average Bonchev–Trinajstić information content (AvgIpc) is 3.14. The molecule has 0 atom stereocenters. The molecule has 0 saturated carbocycles. The summed E-state index contributed by atoms with van der Waals surface area (Å²) in [4.78, 5) is 26.8. The minimum atomic E-state index is -0.466. The topological polar surface area (TPSA) is 42.3 Å². The van der Waals surface area contributed by atoms with Gasteiger partial charge in [-0.05, 0) is 73.1 Å². The lowest BCUT2D eigenvalue weighted by molar-refractivity contribution is -0.123. The highest BCUT2D eigenvalue weighted by molar-refractivity contribution is 8.18. The Bertz CT molecular complexity index is 1190. The Morgan fingerprint density at radius 3 is 2.50 bits per heavy atom. The van der Waals surface area contributed by atoms with Gasteiger partial charge < -0.3 is 4.57 Å². The number of hydrogen-bond donors (Lipinski definition) is 0. The number of hydrogen-bond acceptors (Lipinski definition) is 3. The number of thioether (sulfide) groups is 1. The summed E-state index contributed by atoms with van der Waals surface area (Å²) in [5, 5.41) is -0.187. The summed E-state index contributed by atoms with van der Waals surface area (Å²) in [6.07, 6.45) is 1.75. The van der Waals surface area contributed by atoms with Gasteiger partial charge in [0, 0.05) is 22.1 Å². The van der Waals surface area contributed by atoms with Crippen LogP contribution in [0.5, 0.6) is 0 Å². The van der Waals surface area contributed by atoms with Crippen molar-refractivity contribution in [1.82, 2.24) is 9.47 Å². The number of imide groups is 1. The van der Waals surface area contributed by atoms with E-state index in [1.807, 2.05) is 50.2 Å². The van der Waals surface area contributed by atoms with Crippen molar-refractivity contribution in [2.24, 2.45) is 0 Å². The Kier molecular flexibility index (Phi) is 5.54. The maximum Gasteiger partial charge on any atom is 0.293 e. The standard InChI is InChI=1S/C23H18ClFN2O2S/c1-14-10-17(15(2)27(14)19-6-4-3-5-7-19)11-21-22(28)26(23(29)30-21)13-16-8-9-18(25)12-20(16)24/h3-12H,13H2,1-2H3/b21-11-. The molecule has 3 aromatic rings. The molecule has 152 valence electrons. The fourth-order valence-electron chi connectivity index (χ4n) is 3.51. The predicted molar refractivity (Wildman–Crippen MR) is 118 cm³/mol. The van der Waals surface area contributed by atoms with Crippen LogP contribution < -0.4 is 0 Å². The van der Waals surface area contributed by atoms with Crippen LogP contribution in [0, 0.1) is 19.7 Å². The second-order valence-electron chi connectivity index (χ2n) is 7.00. The lowest BCUT2D eigenvalue weighted by Gasteiger charge is -2.13. The number of carbonyl (C=O) groups excluding carboxylic acids is 2. The van der Waals surface area contributed by atoms with Crippen LogP contribution in [0.4, 0.5) is 9.18 Å². The number of benzene rings is 2. The Hall–Kier alpha value is -2.83. The van der Waals surface area contributed by atoms with Crippen molar-refractivity contribution in [2.75, 3.05) is 0 Å². The van der Waals surface area contributed by atoms with Gasteiger partial charge in [0.05, 0.1) is 11.4 Å². The number of nitrogens with zero attached hydrogens (tertiary/aromatic N) is 2. The highest BCUT2D eigenvalue weighted by atomic mass is 35.5. The first-order valence-electron chi connectivity index (χ1n) is 9.29. The molecule has 0 aliphatic carbocycles. The van der Waals surface area contributed by atoms with Gasteiger partial charge in [0.25, 0.3) is 11.1 Å². The van der Waals surface area contributed by atoms with Crippen LogP contribution in [0.25, 0.3) is 11.8 Å². The normalized spacial score (nSPS) is 15.5. The summed E-state index contributed by atoms with van der Waals surface area (Å²) in [6, 6.07) is 15.8. The van der Waals surface area contributed by atoms with Crippen molar-refractivity contribution < 1.29 is 14.0 Å². The van der Waals surface area contributed by atoms with Gasteiger partial charge in [-0.15, -0.1) is 0 Å². The smallest absolute Gasteiger partial charge is 0.293 e. The third-order valence-corrected chi connectivity index (χ3v) is 6.25. The van der Waals surface area contributed by atoms with Crippen molar-refractivity contribution >= 4 is 40.6 Å². The third-order valence-electron chi connectivity index (χ3n) is 4.99. The number of aryl methyl sites for hydroxylation is 1. The molecule has 2 amide bonds. The van der Waals surface area contributed by atoms with Gasteiger partial charge in [-0.25, -0.2) is 4.39 Å². The minimum Gasteiger partial charge on any atom is -0.318 e. The van der Waals surface area contributed by atoms with Gasteiger partial charge in [0.15, 0.2) is 0 Å². The molecule has 0 bridgehead atoms. The van der Waals surface area contributed by atoms with E-state index >= 15 is 0 Å². The summed E-state index contributed by atoms with van der Waals surface area (Å²) in [6.45, 7) is 3.98. The van der Waals surface area contributed by atoms with Crippen molar-refractivity contribution in [3.63, 3.8) is 0 Å². The van der Waals surface area contributed by atoms with E-state index in [-0.39, 0.29) is 22.7 Å². The largest absolute Gasteiger partial charge is 0.318 e. The molecule has 30 heavy (non-hydrogen) atoms. The molecule has 1 fully saturated rings. The minimum absolute atomic E-state index is 0.00412. The van der Waals surface area contributed by atoms with Gasteiger partial charge >= 0.3 is 0 Å². The molecule has 4 rings (SSSR count). The van der Waals surface area contributed by atoms with Gasteiger partial charge in [0.1, 0.15) is 5.82 Å². The maximum atomic E-state index is 13.3. The summed E-state index contributed by atoms with van der Waals surface area (Å²) in [5.41, 5.74) is 4.44. The monoisotopic (exact) mass is 440 g/mol. The van der Waals surface area contributed by atoms with Gasteiger partial charge in [0.2, 0.25) is 0 Å². The fourth-order valence-corrected chi connectivity index (χ4v) is 4.56. The second-order valence-corrected chi connectivity index (χ2v) is 8.40. The summed E-state index contributed by atoms with van der Waals surface area (Å²) < 4.78 is 15.4. The van der Waals surface area contributed by atoms with Crippen molar-refractivity contribution in [2.45, 2.75) is 20.4 Å². The molecule has 1 aliphatic rings. The highest BCUT2D eigenvalue weighted by Gasteiger charge is 2.35. The van der Waals surface area contributed by atoms with E-state index in [0.29, 0.717) is 10.5 Å². The molecule has 0 radical (unpaired) electrons. The van der Waals surface area contributed by atoms with E-state index in [0.717, 1.165) is 39.3 Å². The summed E-state index contributed by atoms with van der Waals surface area (Å²) in [5.74, 6) is -0.846. The lowest BCUT2D eigenvalue weighted by Crippen LogP contribution is -2.27. The SMILES string of the molecule is Cc1cc(/C=C2\SC(=O)N(Cc3ccc(F)cc3Cl)C2=O)c(C)n1-c1ccccc1. The van der Waals surface area contributed by atoms with E-state index in [2.05, 4.69) is 4.57 Å². The molecular weight excluding hydrogens is 423 g/mol. The number of para-hydroxylation sites is 1. The Morgan fingerprint density at radius 1 is 1.07 bits per heavy atom. The van der Waals surface area contributed by atoms with E-state index in [4.69, 9.17) is 11.6 Å². The zero-order chi connectivity index (χ0) is 21.4. The highest BCUT2D eigenvalue weighted by Crippen LogP contribution is 2.35. The van der Waals surface area contributed by atoms with Crippen LogP contribution in [-0.2, 0) is 11.3 Å². The number of amides is 2. The first kappa shape index (κ1) is 20.4. The van der Waals surface area contributed by atoms with E-state index in [9.17, 15) is 14.0 Å². The number of aromatic nitrogens is 1. The Balaban J connectivity index is 1.63. The van der Waals surface area contributed by atoms with Gasteiger partial charge in [-0.3, -0.25) is 14.5 Å². The molecule has 4 nitrogen and oxygen atoms in total. The molecule has 2 heterocycles. The molecule has 1 aromatic heterocycles. The Morgan fingerprint density at radius 2 is 1.80 bits per heavy atom. The van der Waals surface area contributed by atoms with Crippen LogP contribution in [0.15, 0.2) is 59.5 Å². The van der Waals surface area contributed by atoms with Crippen LogP contribution in [0.2, 0.25) is 5.02 Å². The number of rotatable bonds is 4. The van der Waals surface area contributed by atoms with E-state index < -0.39 is 5.82 Å². The second kappa shape index (κ2) is 8.13. The van der Waals surface area contributed by atoms with Crippen molar-refractivity contribution in [3.8, 4) is 5.69 Å². The molecule has 1 aliphatic heterocycles. The number of carbonyl (C=O) groups is 2. The first-order valence-corrected chi connectivity index (χ1v) is 10.5. The maximum absolute atomic E-state index is 13.3. The molecule has 1 saturated heterocycles.